The Balaban J connectivity index is 0.818. The lowest BCUT2D eigenvalue weighted by Crippen LogP contribution is -2.70. The maximum absolute atomic E-state index is 16.5. The minimum atomic E-state index is -2.30. The summed E-state index contributed by atoms with van der Waals surface area (Å²) in [6.07, 6.45) is -72.1. The number of carbonyl (C=O) groups excluding carboxylic acids is 3. The molecule has 5 aliphatic carbocycles. The molecule has 22 N–H and O–H groups in total. The summed E-state index contributed by atoms with van der Waals surface area (Å²) in [5.41, 5.74) is -5.67. The molecule has 0 unspecified atom stereocenters. The largest absolute Gasteiger partial charge is 0.479 e. The molecule has 0 aromatic carbocycles. The van der Waals surface area contributed by atoms with Crippen molar-refractivity contribution in [2.75, 3.05) is 33.0 Å². The number of hydrogen-bond donors (Lipinski definition) is 22. The normalized spacial score (nSPS) is 53.8. The lowest BCUT2D eigenvalue weighted by atomic mass is 9.33. The smallest absolute Gasteiger partial charge is 0.335 e. The van der Waals surface area contributed by atoms with E-state index in [2.05, 4.69) is 19.9 Å². The van der Waals surface area contributed by atoms with Gasteiger partial charge in [0.05, 0.1) is 56.3 Å². The zero-order chi connectivity index (χ0) is 88.5. The van der Waals surface area contributed by atoms with Gasteiger partial charge in [0.15, 0.2) is 56.2 Å². The Morgan fingerprint density at radius 3 is 1.46 bits per heavy atom. The van der Waals surface area contributed by atoms with Gasteiger partial charge in [0.1, 0.15) is 177 Å². The highest BCUT2D eigenvalue weighted by Crippen LogP contribution is 2.76. The van der Waals surface area contributed by atoms with Crippen LogP contribution < -0.4 is 0 Å². The van der Waals surface area contributed by atoms with Crippen LogP contribution in [0.4, 0.5) is 0 Å². The van der Waals surface area contributed by atoms with Gasteiger partial charge in [0.2, 0.25) is 6.29 Å². The molecule has 0 bridgehead atoms. The highest BCUT2D eigenvalue weighted by molar-refractivity contribution is 5.80. The summed E-state index contributed by atoms with van der Waals surface area (Å²) in [4.78, 5) is 56.1. The van der Waals surface area contributed by atoms with E-state index in [1.807, 2.05) is 20.8 Å². The van der Waals surface area contributed by atoms with Crippen LogP contribution in [-0.4, -0.2) is 415 Å². The topological polar surface area (TPSA) is 670 Å². The first kappa shape index (κ1) is 95.0. The zero-order valence-electron chi connectivity index (χ0n) is 68.3. The molecule has 13 aliphatic rings. The zero-order valence-corrected chi connectivity index (χ0v) is 68.3. The number of carboxylic acids is 1. The van der Waals surface area contributed by atoms with Crippen LogP contribution in [0.25, 0.3) is 0 Å². The standard InChI is InChI=1S/C78H122O43/c1-26-40(86)57(116-68-53(99)48(94)45(91)35(112-68)24-105-28(3)82)61(120-69-55(101)59(117-66-51(97)46(92)43(89)33(20-79)110-66)56(27(2)109-69)114-64-49(95)41(87)31(83)22-106-64)70(108-26)121-72(104)78-17-16-73(4,5)18-30(78)29-10-11-37-74(6)14-13-39(75(7,25-81)36(74)12-15-76(37,8)77(29,9)19-38(78)85)113-71-62(119-67-52(98)47(93)44(90)34(21-80)111-67)58(54(100)60(118-71)63(102)103)115-65-50(96)42(88)32(84)23-107-65/h10,25-27,30-62,64-71,79-80,83-101H,11-24H2,1-9H3,(H,102,103)/t26-,27+,30+,31-,32-,33-,34-,35-,36-,37-,38-,39+,40+,41+,42+,43-,44+,45-,46+,47+,48+,49-,50-,51-,52-,53-,54+,55-,56+,57+,58+,59+,60+,61-,62-,64+,65+,66+,67+,68+,69+,70+,71-,74+,75+,76-,77-,78-/m1/s1. The van der Waals surface area contributed by atoms with E-state index in [0.29, 0.717) is 32.1 Å². The third-order valence-electron chi connectivity index (χ3n) is 29.2. The molecule has 43 heteroatoms. The Kier molecular flexibility index (Phi) is 28.6. The average molecular weight is 1750 g/mol. The molecule has 8 aliphatic heterocycles. The Hall–Kier alpha value is -3.62. The quantitative estimate of drug-likeness (QED) is 0.0207. The van der Waals surface area contributed by atoms with Crippen molar-refractivity contribution < 1.29 is 212 Å². The number of esters is 2. The number of hydrogen-bond acceptors (Lipinski definition) is 42. The molecule has 43 nitrogen and oxygen atoms in total. The molecule has 0 spiro atoms. The summed E-state index contributed by atoms with van der Waals surface area (Å²) in [6, 6.07) is 0. The molecule has 4 saturated carbocycles. The Morgan fingerprint density at radius 2 is 0.934 bits per heavy atom. The molecule has 0 aromatic heterocycles. The number of aliphatic carboxylic acids is 1. The summed E-state index contributed by atoms with van der Waals surface area (Å²) in [5.74, 6) is -5.41. The number of fused-ring (bicyclic) bond motifs is 7. The Morgan fingerprint density at radius 1 is 0.463 bits per heavy atom. The fraction of sp³-hybridized carbons (Fsp3) is 0.923. The molecule has 13 rings (SSSR count). The maximum atomic E-state index is 16.5. The number of ether oxygens (including phenoxy) is 17. The highest BCUT2D eigenvalue weighted by Gasteiger charge is 2.74. The van der Waals surface area contributed by atoms with E-state index in [1.54, 1.807) is 6.92 Å². The van der Waals surface area contributed by atoms with Crippen molar-refractivity contribution in [3.63, 3.8) is 0 Å². The molecule has 12 fully saturated rings. The molecule has 0 amide bonds. The van der Waals surface area contributed by atoms with Gasteiger partial charge in [-0.05, 0) is 111 Å². The summed E-state index contributed by atoms with van der Waals surface area (Å²) in [5, 5.41) is 246. The fourth-order valence-electron chi connectivity index (χ4n) is 21.9. The highest BCUT2D eigenvalue weighted by atomic mass is 16.8. The number of aliphatic hydroxyl groups excluding tert-OH is 21. The minimum absolute atomic E-state index is 0.0169. The SMILES string of the molecule is CC(=O)OC[C@H]1O[C@@H](O[C@H]2[C@@H](O)[C@@H](C)O[C@@H](OC(=O)[C@]34CCC(C)(C)C[C@H]3C3=CC[C@@H]5[C@@]6(C)CC[C@H](O[C@@H]7O[C@H](C(=O)O)[C@@H](O)[C@H](O[C@@H]8OC[C@@H](O)[C@H](O)[C@H]8O)[C@H]7O[C@@H]7O[C@H](CO)[C@H](O)[C@H](O)[C@H]7O)[C@@](C)(C=O)[C@@H]6CC[C@@]5(C)[C@]3(C)C[C@H]4O)[C@@H]2O[C@@H]2O[C@@H](C)[C@H](O[C@@H]3OC[C@@H](O)[C@H](O)[C@H]3O)[C@@H](O[C@@H]3O[C@H](CO)[C@@H](O)[C@H](O)[C@H]3O)[C@H]2O)[C@H](O)[C@@H](O)[C@@H]1O. The van der Waals surface area contributed by atoms with Crippen molar-refractivity contribution in [1.82, 2.24) is 0 Å². The van der Waals surface area contributed by atoms with Crippen LogP contribution in [0.3, 0.4) is 0 Å². The van der Waals surface area contributed by atoms with E-state index in [1.165, 1.54) is 13.8 Å². The van der Waals surface area contributed by atoms with Crippen molar-refractivity contribution in [2.24, 2.45) is 50.2 Å². The average Bonchev–Trinajstić information content (AvgIpc) is 0.668. The van der Waals surface area contributed by atoms with E-state index in [-0.39, 0.29) is 31.6 Å². The molecule has 0 radical (unpaired) electrons. The molecule has 8 saturated heterocycles. The van der Waals surface area contributed by atoms with E-state index in [9.17, 15) is 127 Å². The summed E-state index contributed by atoms with van der Waals surface area (Å²) in [6.45, 7) is 11.8. The first-order chi connectivity index (χ1) is 56.8. The van der Waals surface area contributed by atoms with Crippen LogP contribution in [0.2, 0.25) is 0 Å². The number of aliphatic hydroxyl groups is 21. The van der Waals surface area contributed by atoms with Gasteiger partial charge in [0, 0.05) is 6.92 Å². The van der Waals surface area contributed by atoms with Crippen LogP contribution in [-0.2, 0) is 99.7 Å². The van der Waals surface area contributed by atoms with Gasteiger partial charge in [-0.2, -0.15) is 0 Å². The van der Waals surface area contributed by atoms with Crippen molar-refractivity contribution >= 4 is 24.2 Å². The number of carboxylic acid groups (broad SMARTS) is 1. The predicted molar refractivity (Wildman–Crippen MR) is 390 cm³/mol. The number of aldehydes is 1. The molecule has 8 heterocycles. The minimum Gasteiger partial charge on any atom is -0.479 e. The predicted octanol–water partition coefficient (Wildman–Crippen LogP) is -8.59. The summed E-state index contributed by atoms with van der Waals surface area (Å²) < 4.78 is 103. The molecular formula is C78H122O43. The van der Waals surface area contributed by atoms with Crippen molar-refractivity contribution in [1.29, 1.82) is 0 Å². The third-order valence-corrected chi connectivity index (χ3v) is 29.2. The van der Waals surface area contributed by atoms with Crippen molar-refractivity contribution in [3.8, 4) is 0 Å². The van der Waals surface area contributed by atoms with Crippen LogP contribution in [0.5, 0.6) is 0 Å². The van der Waals surface area contributed by atoms with Crippen molar-refractivity contribution in [2.45, 2.75) is 366 Å². The van der Waals surface area contributed by atoms with E-state index in [0.717, 1.165) is 18.8 Å². The van der Waals surface area contributed by atoms with Crippen molar-refractivity contribution in [3.05, 3.63) is 11.6 Å². The van der Waals surface area contributed by atoms with Crippen LogP contribution in [0.1, 0.15) is 120 Å². The van der Waals surface area contributed by atoms with E-state index >= 15 is 4.79 Å². The second-order valence-corrected chi connectivity index (χ2v) is 37.0. The lowest BCUT2D eigenvalue weighted by molar-refractivity contribution is -0.404. The molecule has 48 atom stereocenters. The van der Waals surface area contributed by atoms with Gasteiger partial charge in [0.25, 0.3) is 0 Å². The molecular weight excluding hydrogens is 1620 g/mol. The molecule has 121 heavy (non-hydrogen) atoms. The number of rotatable bonds is 22. The van der Waals surface area contributed by atoms with Gasteiger partial charge in [-0.1, -0.05) is 53.2 Å². The number of carbonyl (C=O) groups is 4. The van der Waals surface area contributed by atoms with Gasteiger partial charge in [-0.25, -0.2) is 4.79 Å². The second-order valence-electron chi connectivity index (χ2n) is 37.0. The maximum Gasteiger partial charge on any atom is 0.335 e. The lowest BCUT2D eigenvalue weighted by Gasteiger charge is -2.71. The van der Waals surface area contributed by atoms with Gasteiger partial charge < -0.3 is 198 Å². The Labute approximate surface area is 694 Å². The van der Waals surface area contributed by atoms with Gasteiger partial charge in [-0.3, -0.25) is 9.59 Å². The molecule has 0 aromatic rings. The second kappa shape index (κ2) is 36.4. The van der Waals surface area contributed by atoms with Crippen LogP contribution in [0, 0.1) is 50.2 Å². The van der Waals surface area contributed by atoms with Gasteiger partial charge in [-0.15, -0.1) is 0 Å². The van der Waals surface area contributed by atoms with Crippen LogP contribution >= 0.6 is 0 Å². The first-order valence-corrected chi connectivity index (χ1v) is 41.4. The number of allylic oxidation sites excluding steroid dienone is 2. The molecule has 692 valence electrons. The monoisotopic (exact) mass is 1750 g/mol. The van der Waals surface area contributed by atoms with Gasteiger partial charge >= 0.3 is 17.9 Å². The van der Waals surface area contributed by atoms with E-state index < -0.39 is 341 Å². The fourth-order valence-corrected chi connectivity index (χ4v) is 21.9. The first-order valence-electron chi connectivity index (χ1n) is 41.4. The summed E-state index contributed by atoms with van der Waals surface area (Å²) in [7, 11) is 0. The Bertz CT molecular complexity index is 3600. The third kappa shape index (κ3) is 17.0. The van der Waals surface area contributed by atoms with E-state index in [4.69, 9.17) is 80.5 Å². The summed E-state index contributed by atoms with van der Waals surface area (Å²) >= 11 is 0. The van der Waals surface area contributed by atoms with Crippen LogP contribution in [0.15, 0.2) is 11.6 Å².